The van der Waals surface area contributed by atoms with Gasteiger partial charge >= 0.3 is 0 Å². The van der Waals surface area contributed by atoms with E-state index in [9.17, 15) is 0 Å². The quantitative estimate of drug-likeness (QED) is 0.418. The van der Waals surface area contributed by atoms with Crippen molar-refractivity contribution in [3.8, 4) is 0 Å². The minimum absolute atomic E-state index is 0.136. The summed E-state index contributed by atoms with van der Waals surface area (Å²) in [7, 11) is 6.00. The Labute approximate surface area is 82.4 Å². The number of nitrogens with two attached hydrogens (primary N) is 3. The summed E-state index contributed by atoms with van der Waals surface area (Å²) in [5.41, 5.74) is 15.9. The number of hydrogen-bond acceptors (Lipinski definition) is 4. The highest BCUT2D eigenvalue weighted by Gasteiger charge is 1.92. The molecule has 0 unspecified atom stereocenters. The van der Waals surface area contributed by atoms with Crippen LogP contribution in [0.2, 0.25) is 0 Å². The number of hydrogen-bond donors (Lipinski definition) is 3. The van der Waals surface area contributed by atoms with Gasteiger partial charge in [0.2, 0.25) is 0 Å². The molecule has 0 rings (SSSR count). The Hall–Kier alpha value is -0.160. The van der Waals surface area contributed by atoms with Gasteiger partial charge in [0.25, 0.3) is 0 Å². The number of rotatable bonds is 5. The van der Waals surface area contributed by atoms with E-state index in [1.54, 1.807) is 0 Å². The fraction of sp³-hybridized carbons (Fsp3) is 1.00. The third-order valence-electron chi connectivity index (χ3n) is 1.24. The predicted molar refractivity (Wildman–Crippen MR) is 59.3 cm³/mol. The van der Waals surface area contributed by atoms with Gasteiger partial charge in [-0.1, -0.05) is 12.8 Å². The maximum Gasteiger partial charge on any atom is 0.0520 e. The van der Waals surface area contributed by atoms with Gasteiger partial charge in [-0.2, -0.15) is 0 Å². The van der Waals surface area contributed by atoms with Crippen LogP contribution in [-0.4, -0.2) is 38.8 Å². The molecule has 4 nitrogen and oxygen atoms in total. The first kappa shape index (κ1) is 15.3. The number of nitrogens with zero attached hydrogens (tertiary/aromatic N) is 1. The maximum absolute atomic E-state index is 5.32. The van der Waals surface area contributed by atoms with E-state index in [1.807, 2.05) is 26.0 Å². The summed E-state index contributed by atoms with van der Waals surface area (Å²) < 4.78 is 0. The summed E-state index contributed by atoms with van der Waals surface area (Å²) in [6.45, 7) is 0.778. The highest BCUT2D eigenvalue weighted by atomic mass is 15.0. The van der Waals surface area contributed by atoms with Gasteiger partial charge in [-0.05, 0) is 40.5 Å². The molecule has 0 aliphatic heterocycles. The topological polar surface area (TPSA) is 81.3 Å². The summed E-state index contributed by atoms with van der Waals surface area (Å²) in [5, 5.41) is 0. The van der Waals surface area contributed by atoms with E-state index in [0.29, 0.717) is 0 Å². The normalized spacial score (nSPS) is 10.2. The molecule has 6 N–H and O–H groups in total. The van der Waals surface area contributed by atoms with Crippen LogP contribution in [0.25, 0.3) is 0 Å². The molecule has 0 spiro atoms. The molecule has 0 atom stereocenters. The number of unbranched alkanes of at least 4 members (excludes halogenated alkanes) is 2. The molecule has 0 aromatic carbocycles. The molecule has 0 saturated carbocycles. The molecule has 0 heterocycles. The first-order valence-corrected chi connectivity index (χ1v) is 4.82. The molecule has 4 heteroatoms. The van der Waals surface area contributed by atoms with Crippen molar-refractivity contribution in [2.24, 2.45) is 17.2 Å². The van der Waals surface area contributed by atoms with Gasteiger partial charge in [-0.25, -0.2) is 0 Å². The van der Waals surface area contributed by atoms with Gasteiger partial charge in [0.1, 0.15) is 0 Å². The van der Waals surface area contributed by atoms with Crippen molar-refractivity contribution in [2.45, 2.75) is 31.8 Å². The molecule has 82 valence electrons. The fourth-order valence-electron chi connectivity index (χ4n) is 0.701. The van der Waals surface area contributed by atoms with E-state index in [-0.39, 0.29) is 6.17 Å². The van der Waals surface area contributed by atoms with Crippen LogP contribution in [0.15, 0.2) is 0 Å². The van der Waals surface area contributed by atoms with Crippen LogP contribution in [0.5, 0.6) is 0 Å². The van der Waals surface area contributed by atoms with Crippen LogP contribution in [0.1, 0.15) is 25.7 Å². The third kappa shape index (κ3) is 33.6. The van der Waals surface area contributed by atoms with E-state index in [2.05, 4.69) is 0 Å². The standard InChI is InChI=1S/C6H17N3.C3H9N/c7-5-3-1-2-4-6(8)9;1-4(2)3/h6H,1-5,7-9H2;1-3H3. The largest absolute Gasteiger partial charge is 0.330 e. The van der Waals surface area contributed by atoms with E-state index in [4.69, 9.17) is 17.2 Å². The zero-order chi connectivity index (χ0) is 10.7. The van der Waals surface area contributed by atoms with E-state index < -0.39 is 0 Å². The Balaban J connectivity index is 0. The Morgan fingerprint density at radius 3 is 1.77 bits per heavy atom. The second-order valence-electron chi connectivity index (χ2n) is 3.64. The average Bonchev–Trinajstić information content (AvgIpc) is 1.97. The zero-order valence-electron chi connectivity index (χ0n) is 9.29. The van der Waals surface area contributed by atoms with Crippen LogP contribution in [-0.2, 0) is 0 Å². The molecule has 0 fully saturated rings. The summed E-state index contributed by atoms with van der Waals surface area (Å²) in [4.78, 5) is 2.00. The van der Waals surface area contributed by atoms with Crippen molar-refractivity contribution < 1.29 is 0 Å². The predicted octanol–water partition coefficient (Wildman–Crippen LogP) is -0.0732. The van der Waals surface area contributed by atoms with Crippen LogP contribution in [0, 0.1) is 0 Å². The van der Waals surface area contributed by atoms with Crippen LogP contribution in [0.3, 0.4) is 0 Å². The van der Waals surface area contributed by atoms with Crippen LogP contribution < -0.4 is 17.2 Å². The second kappa shape index (κ2) is 11.8. The SMILES string of the molecule is CN(C)C.NCCCCCC(N)N. The summed E-state index contributed by atoms with van der Waals surface area (Å²) in [5.74, 6) is 0. The lowest BCUT2D eigenvalue weighted by Crippen LogP contribution is -2.29. The first-order valence-electron chi connectivity index (χ1n) is 4.82. The molecular formula is C9H26N4. The van der Waals surface area contributed by atoms with Crippen molar-refractivity contribution >= 4 is 0 Å². The van der Waals surface area contributed by atoms with E-state index in [1.165, 1.54) is 0 Å². The molecule has 0 bridgehead atoms. The minimum atomic E-state index is -0.136. The van der Waals surface area contributed by atoms with Gasteiger partial charge in [-0.3, -0.25) is 0 Å². The zero-order valence-corrected chi connectivity index (χ0v) is 9.29. The Morgan fingerprint density at radius 2 is 1.46 bits per heavy atom. The summed E-state index contributed by atoms with van der Waals surface area (Å²) >= 11 is 0. The van der Waals surface area contributed by atoms with Crippen molar-refractivity contribution in [1.82, 2.24) is 4.90 Å². The average molecular weight is 190 g/mol. The molecular weight excluding hydrogens is 164 g/mol. The lowest BCUT2D eigenvalue weighted by atomic mass is 10.2. The minimum Gasteiger partial charge on any atom is -0.330 e. The van der Waals surface area contributed by atoms with Crippen LogP contribution in [0.4, 0.5) is 0 Å². The maximum atomic E-state index is 5.32. The molecule has 13 heavy (non-hydrogen) atoms. The molecule has 0 aromatic heterocycles. The molecule has 0 aliphatic rings. The Morgan fingerprint density at radius 1 is 1.00 bits per heavy atom. The Bertz CT molecular complexity index is 80.9. The van der Waals surface area contributed by atoms with Gasteiger partial charge in [0.15, 0.2) is 0 Å². The van der Waals surface area contributed by atoms with Gasteiger partial charge in [0.05, 0.1) is 6.17 Å². The molecule has 0 aliphatic carbocycles. The lowest BCUT2D eigenvalue weighted by Gasteiger charge is -2.02. The van der Waals surface area contributed by atoms with Gasteiger partial charge < -0.3 is 22.1 Å². The third-order valence-corrected chi connectivity index (χ3v) is 1.24. The highest BCUT2D eigenvalue weighted by molar-refractivity contribution is 4.51. The van der Waals surface area contributed by atoms with E-state index in [0.717, 1.165) is 32.2 Å². The van der Waals surface area contributed by atoms with Crippen LogP contribution >= 0.6 is 0 Å². The Kier molecular flexibility index (Phi) is 14.0. The summed E-state index contributed by atoms with van der Waals surface area (Å²) in [6.07, 6.45) is 4.13. The lowest BCUT2D eigenvalue weighted by molar-refractivity contribution is 0.505. The van der Waals surface area contributed by atoms with Crippen molar-refractivity contribution in [1.29, 1.82) is 0 Å². The van der Waals surface area contributed by atoms with Crippen molar-refractivity contribution in [3.05, 3.63) is 0 Å². The second-order valence-corrected chi connectivity index (χ2v) is 3.64. The summed E-state index contributed by atoms with van der Waals surface area (Å²) in [6, 6.07) is 0. The highest BCUT2D eigenvalue weighted by Crippen LogP contribution is 1.97. The molecule has 0 aromatic rings. The molecule has 0 amide bonds. The molecule has 0 saturated heterocycles. The smallest absolute Gasteiger partial charge is 0.0520 e. The van der Waals surface area contributed by atoms with Crippen molar-refractivity contribution in [2.75, 3.05) is 27.7 Å². The fourth-order valence-corrected chi connectivity index (χ4v) is 0.701. The monoisotopic (exact) mass is 190 g/mol. The van der Waals surface area contributed by atoms with Gasteiger partial charge in [-0.15, -0.1) is 0 Å². The molecule has 0 radical (unpaired) electrons. The van der Waals surface area contributed by atoms with Crippen molar-refractivity contribution in [3.63, 3.8) is 0 Å². The van der Waals surface area contributed by atoms with Gasteiger partial charge in [0, 0.05) is 0 Å². The first-order chi connectivity index (χ1) is 6.00. The van der Waals surface area contributed by atoms with E-state index >= 15 is 0 Å².